The van der Waals surface area contributed by atoms with Crippen molar-refractivity contribution >= 4 is 6.09 Å². The number of rotatable bonds is 3. The molecule has 134 valence electrons. The van der Waals surface area contributed by atoms with Crippen molar-refractivity contribution in [3.8, 4) is 0 Å². The van der Waals surface area contributed by atoms with Crippen LogP contribution in [0.5, 0.6) is 0 Å². The van der Waals surface area contributed by atoms with E-state index in [1.54, 1.807) is 17.9 Å². The van der Waals surface area contributed by atoms with E-state index in [-0.39, 0.29) is 11.9 Å². The van der Waals surface area contributed by atoms with E-state index in [0.29, 0.717) is 19.3 Å². The van der Waals surface area contributed by atoms with Gasteiger partial charge in [-0.15, -0.1) is 0 Å². The molecular formula is C19H28FNO3. The summed E-state index contributed by atoms with van der Waals surface area (Å²) in [7, 11) is 0. The van der Waals surface area contributed by atoms with Crippen LogP contribution in [0.15, 0.2) is 24.3 Å². The molecule has 0 aromatic heterocycles. The maximum Gasteiger partial charge on any atom is 0.411 e. The van der Waals surface area contributed by atoms with E-state index in [1.165, 1.54) is 12.1 Å². The molecule has 24 heavy (non-hydrogen) atoms. The van der Waals surface area contributed by atoms with E-state index in [0.717, 1.165) is 5.56 Å². The average molecular weight is 337 g/mol. The molecule has 1 fully saturated rings. The normalized spacial score (nSPS) is 25.6. The molecule has 1 aromatic carbocycles. The minimum absolute atomic E-state index is 0.301. The number of hydrogen-bond acceptors (Lipinski definition) is 3. The Morgan fingerprint density at radius 1 is 1.50 bits per heavy atom. The van der Waals surface area contributed by atoms with Crippen molar-refractivity contribution in [1.29, 1.82) is 0 Å². The lowest BCUT2D eigenvalue weighted by molar-refractivity contribution is -0.0401. The van der Waals surface area contributed by atoms with Gasteiger partial charge in [0.05, 0.1) is 17.7 Å². The Hall–Kier alpha value is -1.62. The summed E-state index contributed by atoms with van der Waals surface area (Å²) in [6, 6.07) is 6.00. The maximum absolute atomic E-state index is 13.7. The lowest BCUT2D eigenvalue weighted by atomic mass is 9.87. The first kappa shape index (κ1) is 18.7. The van der Waals surface area contributed by atoms with E-state index in [1.807, 2.05) is 33.8 Å². The van der Waals surface area contributed by atoms with E-state index in [2.05, 4.69) is 0 Å². The van der Waals surface area contributed by atoms with Crippen LogP contribution in [0.1, 0.15) is 65.5 Å². The Bertz CT molecular complexity index is 597. The first-order chi connectivity index (χ1) is 11.1. The number of halogens is 1. The highest BCUT2D eigenvalue weighted by atomic mass is 19.1. The van der Waals surface area contributed by atoms with Crippen LogP contribution in [-0.2, 0) is 4.74 Å². The second-order valence-corrected chi connectivity index (χ2v) is 7.59. The van der Waals surface area contributed by atoms with Crippen LogP contribution in [0.3, 0.4) is 0 Å². The van der Waals surface area contributed by atoms with Gasteiger partial charge in [-0.3, -0.25) is 4.90 Å². The molecule has 0 radical (unpaired) electrons. The first-order valence-corrected chi connectivity index (χ1v) is 8.56. The number of aliphatic hydroxyl groups excluding tert-OH is 1. The zero-order valence-corrected chi connectivity index (χ0v) is 15.2. The Balaban J connectivity index is 2.45. The molecule has 0 bridgehead atoms. The molecule has 0 spiro atoms. The van der Waals surface area contributed by atoms with Gasteiger partial charge in [0.2, 0.25) is 0 Å². The third-order valence-electron chi connectivity index (χ3n) is 4.86. The molecule has 1 N–H and O–H groups in total. The minimum Gasteiger partial charge on any atom is -0.444 e. The zero-order chi connectivity index (χ0) is 18.1. The zero-order valence-electron chi connectivity index (χ0n) is 15.2. The number of ether oxygens (including phenoxy) is 1. The monoisotopic (exact) mass is 337 g/mol. The average Bonchev–Trinajstić information content (AvgIpc) is 2.86. The van der Waals surface area contributed by atoms with Crippen LogP contribution in [0.2, 0.25) is 0 Å². The van der Waals surface area contributed by atoms with Gasteiger partial charge in [0, 0.05) is 0 Å². The SMILES string of the molecule is CC[C@@]1(C(C)O)CC[C@@H](c2cccc(F)c2)N1C(=O)OC(C)(C)C. The summed E-state index contributed by atoms with van der Waals surface area (Å²) >= 11 is 0. The molecule has 1 heterocycles. The summed E-state index contributed by atoms with van der Waals surface area (Å²) in [5, 5.41) is 10.4. The lowest BCUT2D eigenvalue weighted by Gasteiger charge is -2.43. The molecule has 0 saturated carbocycles. The van der Waals surface area contributed by atoms with Crippen LogP contribution < -0.4 is 0 Å². The van der Waals surface area contributed by atoms with Crippen molar-refractivity contribution in [2.75, 3.05) is 0 Å². The van der Waals surface area contributed by atoms with Gasteiger partial charge in [0.15, 0.2) is 0 Å². The number of hydrogen-bond donors (Lipinski definition) is 1. The van der Waals surface area contributed by atoms with Crippen LogP contribution in [0.4, 0.5) is 9.18 Å². The summed E-state index contributed by atoms with van der Waals surface area (Å²) in [6.07, 6.45) is 0.768. The molecule has 0 aliphatic carbocycles. The Morgan fingerprint density at radius 2 is 2.17 bits per heavy atom. The van der Waals surface area contributed by atoms with Gasteiger partial charge in [-0.05, 0) is 64.7 Å². The largest absolute Gasteiger partial charge is 0.444 e. The van der Waals surface area contributed by atoms with Gasteiger partial charge in [-0.25, -0.2) is 9.18 Å². The smallest absolute Gasteiger partial charge is 0.411 e. The van der Waals surface area contributed by atoms with Gasteiger partial charge in [-0.2, -0.15) is 0 Å². The standard InChI is InChI=1S/C19H28FNO3/c1-6-19(13(2)22)11-10-16(14-8-7-9-15(20)12-14)21(19)17(23)24-18(3,4)5/h7-9,12-13,16,22H,6,10-11H2,1-5H3/t13?,16-,19-/m0/s1. The summed E-state index contributed by atoms with van der Waals surface area (Å²) in [6.45, 7) is 9.10. The van der Waals surface area contributed by atoms with E-state index < -0.39 is 23.3 Å². The van der Waals surface area contributed by atoms with Crippen molar-refractivity contribution in [2.24, 2.45) is 0 Å². The van der Waals surface area contributed by atoms with Gasteiger partial charge in [-0.1, -0.05) is 19.1 Å². The highest BCUT2D eigenvalue weighted by Crippen LogP contribution is 2.47. The van der Waals surface area contributed by atoms with Crippen molar-refractivity contribution < 1.29 is 19.0 Å². The topological polar surface area (TPSA) is 49.8 Å². The van der Waals surface area contributed by atoms with Gasteiger partial charge in [0.25, 0.3) is 0 Å². The first-order valence-electron chi connectivity index (χ1n) is 8.56. The Labute approximate surface area is 143 Å². The second kappa shape index (κ2) is 6.71. The third-order valence-corrected chi connectivity index (χ3v) is 4.86. The minimum atomic E-state index is -0.700. The van der Waals surface area contributed by atoms with Crippen molar-refractivity contribution in [3.63, 3.8) is 0 Å². The molecule has 5 heteroatoms. The van der Waals surface area contributed by atoms with Gasteiger partial charge in [0.1, 0.15) is 11.4 Å². The number of likely N-dealkylation sites (tertiary alicyclic amines) is 1. The molecule has 2 rings (SSSR count). The van der Waals surface area contributed by atoms with Gasteiger partial charge < -0.3 is 9.84 Å². The molecule has 1 aliphatic rings. The molecule has 1 aliphatic heterocycles. The van der Waals surface area contributed by atoms with Crippen LogP contribution in [-0.4, -0.2) is 33.3 Å². The highest BCUT2D eigenvalue weighted by Gasteiger charge is 2.52. The molecule has 1 aromatic rings. The molecule has 4 nitrogen and oxygen atoms in total. The highest BCUT2D eigenvalue weighted by molar-refractivity contribution is 5.71. The summed E-state index contributed by atoms with van der Waals surface area (Å²) in [5.41, 5.74) is -0.597. The van der Waals surface area contributed by atoms with Crippen LogP contribution in [0, 0.1) is 5.82 Å². The Morgan fingerprint density at radius 3 is 2.67 bits per heavy atom. The fourth-order valence-corrected chi connectivity index (χ4v) is 3.65. The number of carbonyl (C=O) groups excluding carboxylic acids is 1. The van der Waals surface area contributed by atoms with Crippen LogP contribution >= 0.6 is 0 Å². The lowest BCUT2D eigenvalue weighted by Crippen LogP contribution is -2.55. The molecule has 1 unspecified atom stereocenters. The fraction of sp³-hybridized carbons (Fsp3) is 0.632. The summed E-state index contributed by atoms with van der Waals surface area (Å²) in [4.78, 5) is 14.5. The van der Waals surface area contributed by atoms with Crippen molar-refractivity contribution in [2.45, 2.75) is 77.2 Å². The molecule has 1 amide bonds. The van der Waals surface area contributed by atoms with E-state index in [9.17, 15) is 14.3 Å². The predicted octanol–water partition coefficient (Wildman–Crippen LogP) is 4.43. The molecule has 1 saturated heterocycles. The number of nitrogens with zero attached hydrogens (tertiary/aromatic N) is 1. The number of benzene rings is 1. The van der Waals surface area contributed by atoms with E-state index in [4.69, 9.17) is 4.74 Å². The Kier molecular flexibility index (Phi) is 5.23. The van der Waals surface area contributed by atoms with Crippen LogP contribution in [0.25, 0.3) is 0 Å². The number of amides is 1. The van der Waals surface area contributed by atoms with Gasteiger partial charge >= 0.3 is 6.09 Å². The summed E-state index contributed by atoms with van der Waals surface area (Å²) in [5.74, 6) is -0.331. The van der Waals surface area contributed by atoms with Crippen molar-refractivity contribution in [3.05, 3.63) is 35.6 Å². The molecular weight excluding hydrogens is 309 g/mol. The van der Waals surface area contributed by atoms with E-state index >= 15 is 0 Å². The molecule has 3 atom stereocenters. The third kappa shape index (κ3) is 3.56. The second-order valence-electron chi connectivity index (χ2n) is 7.59. The fourth-order valence-electron chi connectivity index (χ4n) is 3.65. The predicted molar refractivity (Wildman–Crippen MR) is 91.2 cm³/mol. The van der Waals surface area contributed by atoms with Crippen molar-refractivity contribution in [1.82, 2.24) is 4.90 Å². The summed E-state index contributed by atoms with van der Waals surface area (Å²) < 4.78 is 19.3. The maximum atomic E-state index is 13.7. The number of aliphatic hydroxyl groups is 1. The number of carbonyl (C=O) groups is 1. The quantitative estimate of drug-likeness (QED) is 0.888.